The van der Waals surface area contributed by atoms with Crippen LogP contribution in [0.3, 0.4) is 0 Å². The number of nitrogens with zero attached hydrogens (tertiary/aromatic N) is 1. The molecule has 0 amide bonds. The Bertz CT molecular complexity index is 657. The average molecular weight is 249 g/mol. The van der Waals surface area contributed by atoms with Gasteiger partial charge in [0.1, 0.15) is 0 Å². The fourth-order valence-electron chi connectivity index (χ4n) is 2.06. The van der Waals surface area contributed by atoms with Crippen molar-refractivity contribution in [1.29, 1.82) is 0 Å². The van der Waals surface area contributed by atoms with Gasteiger partial charge < -0.3 is 0 Å². The quantitative estimate of drug-likeness (QED) is 0.575. The van der Waals surface area contributed by atoms with Crippen molar-refractivity contribution in [2.45, 2.75) is 20.8 Å². The van der Waals surface area contributed by atoms with Crippen LogP contribution in [0.15, 0.2) is 60.8 Å². The zero-order chi connectivity index (χ0) is 13.7. The van der Waals surface area contributed by atoms with E-state index in [0.29, 0.717) is 0 Å². The number of hydrogen-bond acceptors (Lipinski definition) is 1. The van der Waals surface area contributed by atoms with E-state index in [-0.39, 0.29) is 0 Å². The maximum atomic E-state index is 4.37. The minimum absolute atomic E-state index is 1.02. The summed E-state index contributed by atoms with van der Waals surface area (Å²) in [5.74, 6) is 0. The molecule has 0 atom stereocenters. The van der Waals surface area contributed by atoms with Crippen LogP contribution < -0.4 is 0 Å². The van der Waals surface area contributed by atoms with Gasteiger partial charge in [-0.15, -0.1) is 0 Å². The summed E-state index contributed by atoms with van der Waals surface area (Å²) in [5.41, 5.74) is 3.49. The molecule has 0 fully saturated rings. The Labute approximate surface area is 114 Å². The van der Waals surface area contributed by atoms with Crippen LogP contribution in [0.2, 0.25) is 0 Å². The maximum Gasteiger partial charge on any atom is 0.0702 e. The molecule has 19 heavy (non-hydrogen) atoms. The van der Waals surface area contributed by atoms with Crippen molar-refractivity contribution in [3.05, 3.63) is 66.4 Å². The number of rotatable bonds is 1. The molecule has 1 aromatic heterocycles. The maximum absolute atomic E-state index is 4.37. The molecule has 0 radical (unpaired) electrons. The van der Waals surface area contributed by atoms with Gasteiger partial charge in [0.15, 0.2) is 0 Å². The molecule has 0 saturated heterocycles. The van der Waals surface area contributed by atoms with Crippen LogP contribution in [0.25, 0.3) is 22.0 Å². The fraction of sp³-hybridized carbons (Fsp3) is 0.167. The van der Waals surface area contributed by atoms with Crippen molar-refractivity contribution in [1.82, 2.24) is 4.98 Å². The Morgan fingerprint density at radius 1 is 0.789 bits per heavy atom. The van der Waals surface area contributed by atoms with Crippen molar-refractivity contribution in [3.8, 4) is 11.3 Å². The smallest absolute Gasteiger partial charge is 0.0702 e. The number of aromatic nitrogens is 1. The summed E-state index contributed by atoms with van der Waals surface area (Å²) in [7, 11) is 0. The highest BCUT2D eigenvalue weighted by atomic mass is 14.7. The summed E-state index contributed by atoms with van der Waals surface area (Å²) in [6.07, 6.45) is 1.83. The normalized spacial score (nSPS) is 9.84. The third-order valence-electron chi connectivity index (χ3n) is 2.96. The van der Waals surface area contributed by atoms with Crippen LogP contribution in [0.5, 0.6) is 0 Å². The fourth-order valence-corrected chi connectivity index (χ4v) is 2.06. The highest BCUT2D eigenvalue weighted by Gasteiger charge is 2.00. The number of fused-ring (bicyclic) bond motifs is 1. The van der Waals surface area contributed by atoms with E-state index >= 15 is 0 Å². The van der Waals surface area contributed by atoms with Crippen molar-refractivity contribution in [2.24, 2.45) is 0 Å². The molecule has 1 heterocycles. The molecule has 0 N–H and O–H groups in total. The molecular weight excluding hydrogens is 230 g/mol. The number of pyridine rings is 1. The summed E-state index contributed by atoms with van der Waals surface area (Å²) in [4.78, 5) is 4.37. The van der Waals surface area contributed by atoms with Gasteiger partial charge in [-0.1, -0.05) is 55.8 Å². The van der Waals surface area contributed by atoms with Crippen LogP contribution in [0.4, 0.5) is 0 Å². The van der Waals surface area contributed by atoms with Gasteiger partial charge in [-0.3, -0.25) is 4.98 Å². The van der Waals surface area contributed by atoms with Crippen molar-refractivity contribution in [3.63, 3.8) is 0 Å². The van der Waals surface area contributed by atoms with Crippen LogP contribution in [0, 0.1) is 6.92 Å². The van der Waals surface area contributed by atoms with Gasteiger partial charge >= 0.3 is 0 Å². The minimum Gasteiger partial charge on any atom is -0.256 e. The predicted molar refractivity (Wildman–Crippen MR) is 83.3 cm³/mol. The van der Waals surface area contributed by atoms with Gasteiger partial charge in [0.2, 0.25) is 0 Å². The minimum atomic E-state index is 1.02. The Kier molecular flexibility index (Phi) is 4.30. The summed E-state index contributed by atoms with van der Waals surface area (Å²) in [6.45, 7) is 6.12. The molecule has 1 nitrogen and oxygen atoms in total. The highest BCUT2D eigenvalue weighted by Crippen LogP contribution is 2.23. The lowest BCUT2D eigenvalue weighted by atomic mass is 10.0. The first-order valence-electron chi connectivity index (χ1n) is 6.75. The molecule has 0 aliphatic heterocycles. The van der Waals surface area contributed by atoms with E-state index in [2.05, 4.69) is 48.3 Å². The topological polar surface area (TPSA) is 12.9 Å². The van der Waals surface area contributed by atoms with Gasteiger partial charge in [0, 0.05) is 11.8 Å². The van der Waals surface area contributed by atoms with Crippen LogP contribution in [-0.4, -0.2) is 4.98 Å². The summed E-state index contributed by atoms with van der Waals surface area (Å²) >= 11 is 0. The molecule has 3 aromatic rings. The van der Waals surface area contributed by atoms with Crippen LogP contribution in [-0.2, 0) is 0 Å². The first kappa shape index (κ1) is 13.3. The molecule has 0 spiro atoms. The molecule has 0 saturated carbocycles. The molecule has 0 aliphatic rings. The third-order valence-corrected chi connectivity index (χ3v) is 2.96. The number of aryl methyl sites for hydroxylation is 1. The molecule has 2 aromatic carbocycles. The van der Waals surface area contributed by atoms with Crippen molar-refractivity contribution >= 4 is 10.8 Å². The lowest BCUT2D eigenvalue weighted by molar-refractivity contribution is 1.33. The third kappa shape index (κ3) is 3.00. The second-order valence-corrected chi connectivity index (χ2v) is 4.28. The first-order valence-corrected chi connectivity index (χ1v) is 6.75. The van der Waals surface area contributed by atoms with Gasteiger partial charge in [0.05, 0.1) is 5.69 Å². The monoisotopic (exact) mass is 249 g/mol. The number of benzene rings is 2. The Hall–Kier alpha value is -2.15. The average Bonchev–Trinajstić information content (AvgIpc) is 2.49. The first-order chi connectivity index (χ1) is 9.33. The van der Waals surface area contributed by atoms with E-state index in [9.17, 15) is 0 Å². The summed E-state index contributed by atoms with van der Waals surface area (Å²) < 4.78 is 0. The van der Waals surface area contributed by atoms with Crippen molar-refractivity contribution in [2.75, 3.05) is 0 Å². The largest absolute Gasteiger partial charge is 0.256 e. The van der Waals surface area contributed by atoms with Gasteiger partial charge in [-0.2, -0.15) is 0 Å². The summed E-state index contributed by atoms with van der Waals surface area (Å²) in [6, 6.07) is 19.0. The van der Waals surface area contributed by atoms with E-state index in [4.69, 9.17) is 0 Å². The van der Waals surface area contributed by atoms with E-state index in [1.54, 1.807) is 0 Å². The van der Waals surface area contributed by atoms with Crippen LogP contribution >= 0.6 is 0 Å². The van der Waals surface area contributed by atoms with Crippen LogP contribution in [0.1, 0.15) is 19.4 Å². The predicted octanol–water partition coefficient (Wildman–Crippen LogP) is 5.24. The highest BCUT2D eigenvalue weighted by molar-refractivity contribution is 5.87. The molecule has 96 valence electrons. The van der Waals surface area contributed by atoms with E-state index < -0.39 is 0 Å². The van der Waals surface area contributed by atoms with Gasteiger partial charge in [-0.25, -0.2) is 0 Å². The second-order valence-electron chi connectivity index (χ2n) is 4.28. The zero-order valence-electron chi connectivity index (χ0n) is 11.7. The molecule has 3 rings (SSSR count). The molecule has 1 heteroatoms. The second kappa shape index (κ2) is 6.14. The molecule has 0 aliphatic carbocycles. The van der Waals surface area contributed by atoms with E-state index in [0.717, 1.165) is 5.69 Å². The summed E-state index contributed by atoms with van der Waals surface area (Å²) in [5, 5.41) is 2.54. The molecule has 0 bridgehead atoms. The SMILES string of the molecule is CC.Cc1ccc2cc(-c3ccccn3)ccc2c1. The zero-order valence-corrected chi connectivity index (χ0v) is 11.7. The van der Waals surface area contributed by atoms with Gasteiger partial charge in [0.25, 0.3) is 0 Å². The van der Waals surface area contributed by atoms with E-state index in [1.807, 2.05) is 38.2 Å². The Morgan fingerprint density at radius 2 is 1.53 bits per heavy atom. The molecular formula is C18H19N. The standard InChI is InChI=1S/C16H13N.C2H6/c1-12-5-6-14-11-15(8-7-13(14)10-12)16-4-2-3-9-17-16;1-2/h2-11H,1H3;1-2H3. The molecule has 0 unspecified atom stereocenters. The Morgan fingerprint density at radius 3 is 2.26 bits per heavy atom. The van der Waals surface area contributed by atoms with Gasteiger partial charge in [-0.05, 0) is 35.9 Å². The van der Waals surface area contributed by atoms with Crippen molar-refractivity contribution < 1.29 is 0 Å². The van der Waals surface area contributed by atoms with E-state index in [1.165, 1.54) is 21.9 Å². The Balaban J connectivity index is 0.000000637. The lowest BCUT2D eigenvalue weighted by Crippen LogP contribution is -1.82. The lowest BCUT2D eigenvalue weighted by Gasteiger charge is -2.04. The number of hydrogen-bond donors (Lipinski definition) is 0.